The molecular formula is C22H26N4O2. The Morgan fingerprint density at radius 3 is 2.61 bits per heavy atom. The molecule has 1 amide bonds. The molecule has 0 radical (unpaired) electrons. The maximum atomic E-state index is 12.2. The maximum Gasteiger partial charge on any atom is 0.220 e. The molecule has 1 fully saturated rings. The van der Waals surface area contributed by atoms with Gasteiger partial charge in [-0.2, -0.15) is 0 Å². The summed E-state index contributed by atoms with van der Waals surface area (Å²) in [5.41, 5.74) is 4.36. The number of benzene rings is 2. The van der Waals surface area contributed by atoms with Crippen LogP contribution in [-0.2, 0) is 29.0 Å². The summed E-state index contributed by atoms with van der Waals surface area (Å²) in [6, 6.07) is 16.4. The molecule has 0 unspecified atom stereocenters. The monoisotopic (exact) mass is 378 g/mol. The number of amides is 1. The third kappa shape index (κ3) is 4.97. The van der Waals surface area contributed by atoms with Gasteiger partial charge in [0, 0.05) is 39.0 Å². The zero-order valence-electron chi connectivity index (χ0n) is 16.0. The first-order valence-corrected chi connectivity index (χ1v) is 9.84. The van der Waals surface area contributed by atoms with E-state index >= 15 is 0 Å². The van der Waals surface area contributed by atoms with E-state index in [2.05, 4.69) is 44.5 Å². The van der Waals surface area contributed by atoms with Crippen molar-refractivity contribution in [2.75, 3.05) is 26.3 Å². The van der Waals surface area contributed by atoms with E-state index in [4.69, 9.17) is 4.74 Å². The van der Waals surface area contributed by atoms with Gasteiger partial charge in [0.2, 0.25) is 5.91 Å². The smallest absolute Gasteiger partial charge is 0.220 e. The van der Waals surface area contributed by atoms with Crippen molar-refractivity contribution in [2.45, 2.75) is 25.9 Å². The first-order chi connectivity index (χ1) is 13.8. The van der Waals surface area contributed by atoms with E-state index in [0.717, 1.165) is 55.3 Å². The molecule has 28 heavy (non-hydrogen) atoms. The summed E-state index contributed by atoms with van der Waals surface area (Å²) in [5, 5.41) is 3.00. The van der Waals surface area contributed by atoms with E-state index < -0.39 is 0 Å². The quantitative estimate of drug-likeness (QED) is 0.663. The van der Waals surface area contributed by atoms with Crippen LogP contribution in [0.3, 0.4) is 0 Å². The Balaban J connectivity index is 1.21. The normalized spacial score (nSPS) is 15.0. The van der Waals surface area contributed by atoms with Crippen LogP contribution >= 0.6 is 0 Å². The van der Waals surface area contributed by atoms with E-state index in [9.17, 15) is 4.79 Å². The molecule has 1 aliphatic rings. The van der Waals surface area contributed by atoms with E-state index in [-0.39, 0.29) is 5.91 Å². The molecule has 6 nitrogen and oxygen atoms in total. The molecule has 0 saturated carbocycles. The third-order valence-corrected chi connectivity index (χ3v) is 5.05. The summed E-state index contributed by atoms with van der Waals surface area (Å²) in [6.07, 6.45) is 1.04. The number of imidazole rings is 1. The molecule has 1 saturated heterocycles. The van der Waals surface area contributed by atoms with E-state index in [1.807, 2.05) is 24.3 Å². The number of hydrogen-bond donors (Lipinski definition) is 2. The molecule has 2 aromatic carbocycles. The summed E-state index contributed by atoms with van der Waals surface area (Å²) in [5.74, 6) is 0.890. The van der Waals surface area contributed by atoms with Gasteiger partial charge >= 0.3 is 0 Å². The second-order valence-electron chi connectivity index (χ2n) is 7.18. The topological polar surface area (TPSA) is 70.2 Å². The van der Waals surface area contributed by atoms with Crippen LogP contribution in [0, 0.1) is 0 Å². The summed E-state index contributed by atoms with van der Waals surface area (Å²) < 4.78 is 5.39. The molecule has 6 heteroatoms. The minimum Gasteiger partial charge on any atom is -0.379 e. The molecular weight excluding hydrogens is 352 g/mol. The maximum absolute atomic E-state index is 12.2. The van der Waals surface area contributed by atoms with Crippen molar-refractivity contribution >= 4 is 16.9 Å². The lowest BCUT2D eigenvalue weighted by molar-refractivity contribution is -0.121. The molecule has 146 valence electrons. The molecule has 4 rings (SSSR count). The van der Waals surface area contributed by atoms with Gasteiger partial charge < -0.3 is 15.0 Å². The Labute approximate surface area is 164 Å². The van der Waals surface area contributed by atoms with Crippen molar-refractivity contribution < 1.29 is 9.53 Å². The van der Waals surface area contributed by atoms with Gasteiger partial charge in [-0.05, 0) is 23.3 Å². The predicted molar refractivity (Wildman–Crippen MR) is 109 cm³/mol. The average molecular weight is 378 g/mol. The summed E-state index contributed by atoms with van der Waals surface area (Å²) >= 11 is 0. The van der Waals surface area contributed by atoms with Crippen molar-refractivity contribution in [2.24, 2.45) is 0 Å². The highest BCUT2D eigenvalue weighted by Crippen LogP contribution is 2.12. The lowest BCUT2D eigenvalue weighted by atomic mass is 10.1. The van der Waals surface area contributed by atoms with Crippen LogP contribution in [0.5, 0.6) is 0 Å². The van der Waals surface area contributed by atoms with Crippen molar-refractivity contribution in [3.63, 3.8) is 0 Å². The Morgan fingerprint density at radius 2 is 1.82 bits per heavy atom. The van der Waals surface area contributed by atoms with Crippen LogP contribution in [0.15, 0.2) is 48.5 Å². The number of rotatable bonds is 7. The van der Waals surface area contributed by atoms with Crippen LogP contribution in [0.2, 0.25) is 0 Å². The molecule has 0 bridgehead atoms. The number of carbonyl (C=O) groups is 1. The van der Waals surface area contributed by atoms with Crippen molar-refractivity contribution in [1.29, 1.82) is 0 Å². The van der Waals surface area contributed by atoms with Crippen molar-refractivity contribution in [1.82, 2.24) is 20.2 Å². The highest BCUT2D eigenvalue weighted by atomic mass is 16.5. The molecule has 3 aromatic rings. The zero-order valence-corrected chi connectivity index (χ0v) is 16.0. The number of hydrogen-bond acceptors (Lipinski definition) is 4. The highest BCUT2D eigenvalue weighted by Gasteiger charge is 2.10. The largest absolute Gasteiger partial charge is 0.379 e. The van der Waals surface area contributed by atoms with Gasteiger partial charge in [-0.1, -0.05) is 36.4 Å². The van der Waals surface area contributed by atoms with Crippen LogP contribution < -0.4 is 5.32 Å². The minimum absolute atomic E-state index is 0.0397. The molecule has 2 heterocycles. The zero-order chi connectivity index (χ0) is 19.2. The Morgan fingerprint density at radius 1 is 1.07 bits per heavy atom. The molecule has 1 aliphatic heterocycles. The number of nitrogens with one attached hydrogen (secondary N) is 2. The van der Waals surface area contributed by atoms with Crippen LogP contribution in [-0.4, -0.2) is 47.1 Å². The Kier molecular flexibility index (Phi) is 5.99. The number of aromatic nitrogens is 2. The third-order valence-electron chi connectivity index (χ3n) is 5.05. The number of aryl methyl sites for hydroxylation is 1. The Hall–Kier alpha value is -2.70. The lowest BCUT2D eigenvalue weighted by Crippen LogP contribution is -2.35. The van der Waals surface area contributed by atoms with Gasteiger partial charge in [-0.3, -0.25) is 9.69 Å². The lowest BCUT2D eigenvalue weighted by Gasteiger charge is -2.26. The summed E-state index contributed by atoms with van der Waals surface area (Å²) in [6.45, 7) is 5.12. The summed E-state index contributed by atoms with van der Waals surface area (Å²) in [7, 11) is 0. The minimum atomic E-state index is 0.0397. The van der Waals surface area contributed by atoms with E-state index in [1.165, 1.54) is 5.56 Å². The van der Waals surface area contributed by atoms with Crippen LogP contribution in [0.1, 0.15) is 23.4 Å². The number of fused-ring (bicyclic) bond motifs is 1. The second kappa shape index (κ2) is 8.99. The number of aromatic amines is 1. The van der Waals surface area contributed by atoms with Gasteiger partial charge in [-0.25, -0.2) is 4.98 Å². The summed E-state index contributed by atoms with van der Waals surface area (Å²) in [4.78, 5) is 22.3. The average Bonchev–Trinajstić information content (AvgIpc) is 3.15. The van der Waals surface area contributed by atoms with Gasteiger partial charge in [-0.15, -0.1) is 0 Å². The molecule has 0 aliphatic carbocycles. The van der Waals surface area contributed by atoms with Crippen LogP contribution in [0.4, 0.5) is 0 Å². The fraction of sp³-hybridized carbons (Fsp3) is 0.364. The number of ether oxygens (including phenoxy) is 1. The van der Waals surface area contributed by atoms with Crippen LogP contribution in [0.25, 0.3) is 11.0 Å². The van der Waals surface area contributed by atoms with E-state index in [0.29, 0.717) is 19.4 Å². The number of nitrogens with zero attached hydrogens (tertiary/aromatic N) is 2. The fourth-order valence-corrected chi connectivity index (χ4v) is 3.43. The van der Waals surface area contributed by atoms with Gasteiger partial charge in [0.05, 0.1) is 24.2 Å². The highest BCUT2D eigenvalue weighted by molar-refractivity contribution is 5.77. The second-order valence-corrected chi connectivity index (χ2v) is 7.18. The number of para-hydroxylation sites is 2. The van der Waals surface area contributed by atoms with Gasteiger partial charge in [0.15, 0.2) is 0 Å². The van der Waals surface area contributed by atoms with Crippen molar-refractivity contribution in [3.8, 4) is 0 Å². The van der Waals surface area contributed by atoms with Gasteiger partial charge in [0.1, 0.15) is 5.82 Å². The molecule has 0 spiro atoms. The Bertz CT molecular complexity index is 881. The first kappa shape index (κ1) is 18.7. The molecule has 2 N–H and O–H groups in total. The first-order valence-electron chi connectivity index (χ1n) is 9.84. The predicted octanol–water partition coefficient (Wildman–Crippen LogP) is 2.64. The SMILES string of the molecule is O=C(CCc1nc2ccccc2[nH]1)NCc1ccc(CN2CCOCC2)cc1. The molecule has 1 aromatic heterocycles. The number of H-pyrrole nitrogens is 1. The molecule has 0 atom stereocenters. The van der Waals surface area contributed by atoms with Gasteiger partial charge in [0.25, 0.3) is 0 Å². The number of carbonyl (C=O) groups excluding carboxylic acids is 1. The number of morpholine rings is 1. The fourth-order valence-electron chi connectivity index (χ4n) is 3.43. The van der Waals surface area contributed by atoms with E-state index in [1.54, 1.807) is 0 Å². The standard InChI is InChI=1S/C22H26N4O2/c27-22(10-9-21-24-19-3-1-2-4-20(19)25-21)23-15-17-5-7-18(8-6-17)16-26-11-13-28-14-12-26/h1-8H,9-16H2,(H,23,27)(H,24,25). The van der Waals surface area contributed by atoms with Crippen molar-refractivity contribution in [3.05, 3.63) is 65.5 Å².